The molecule has 0 aromatic heterocycles. The Hall–Kier alpha value is -1.29. The lowest BCUT2D eigenvalue weighted by Gasteiger charge is -2.22. The van der Waals surface area contributed by atoms with E-state index in [-0.39, 0.29) is 11.3 Å². The molecule has 0 atom stereocenters. The molecule has 16 heavy (non-hydrogen) atoms. The van der Waals surface area contributed by atoms with E-state index < -0.39 is 17.0 Å². The summed E-state index contributed by atoms with van der Waals surface area (Å²) in [6.45, 7) is 3.87. The van der Waals surface area contributed by atoms with Crippen LogP contribution >= 0.6 is 0 Å². The van der Waals surface area contributed by atoms with Crippen molar-refractivity contribution in [2.45, 2.75) is 13.8 Å². The molecule has 0 aliphatic heterocycles. The van der Waals surface area contributed by atoms with Gasteiger partial charge < -0.3 is 5.32 Å². The van der Waals surface area contributed by atoms with Crippen molar-refractivity contribution in [3.8, 4) is 0 Å². The summed E-state index contributed by atoms with van der Waals surface area (Å²) < 4.78 is 26.1. The Balaban J connectivity index is 3.05. The Morgan fingerprint density at radius 3 is 2.50 bits per heavy atom. The van der Waals surface area contributed by atoms with Gasteiger partial charge in [0.25, 0.3) is 0 Å². The highest BCUT2D eigenvalue weighted by atomic mass is 19.1. The van der Waals surface area contributed by atoms with E-state index in [1.54, 1.807) is 20.9 Å². The molecule has 0 heterocycles. The van der Waals surface area contributed by atoms with Gasteiger partial charge in [-0.2, -0.15) is 0 Å². The molecule has 0 spiro atoms. The number of Topliss-reactive ketones (excluding diaryl/α,β-unsaturated/α-hetero) is 1. The highest BCUT2D eigenvalue weighted by molar-refractivity contribution is 6.00. The molecular weight excluding hydrogens is 212 g/mol. The summed E-state index contributed by atoms with van der Waals surface area (Å²) in [4.78, 5) is 12.0. The Bertz CT molecular complexity index is 402. The summed E-state index contributed by atoms with van der Waals surface area (Å²) in [5.41, 5.74) is -0.783. The molecule has 1 rings (SSSR count). The van der Waals surface area contributed by atoms with Gasteiger partial charge in [-0.3, -0.25) is 4.79 Å². The first kappa shape index (κ1) is 12.8. The minimum Gasteiger partial charge on any atom is -0.319 e. The van der Waals surface area contributed by atoms with Crippen LogP contribution in [0.3, 0.4) is 0 Å². The van der Waals surface area contributed by atoms with Gasteiger partial charge in [0, 0.05) is 18.0 Å². The molecule has 0 aliphatic rings. The lowest BCUT2D eigenvalue weighted by atomic mass is 9.84. The Morgan fingerprint density at radius 1 is 1.38 bits per heavy atom. The molecule has 0 aliphatic carbocycles. The first-order chi connectivity index (χ1) is 7.38. The quantitative estimate of drug-likeness (QED) is 0.800. The number of carbonyl (C=O) groups excluding carboxylic acids is 1. The number of benzene rings is 1. The summed E-state index contributed by atoms with van der Waals surface area (Å²) in [6, 6.07) is 3.00. The van der Waals surface area contributed by atoms with Crippen LogP contribution < -0.4 is 5.32 Å². The van der Waals surface area contributed by atoms with Gasteiger partial charge in [-0.1, -0.05) is 13.8 Å². The zero-order chi connectivity index (χ0) is 12.3. The van der Waals surface area contributed by atoms with Crippen LogP contribution in [0.4, 0.5) is 8.78 Å². The number of carbonyl (C=O) groups is 1. The van der Waals surface area contributed by atoms with Crippen LogP contribution in [0.1, 0.15) is 24.2 Å². The fourth-order valence-electron chi connectivity index (χ4n) is 1.56. The molecule has 2 nitrogen and oxygen atoms in total. The van der Waals surface area contributed by atoms with Crippen molar-refractivity contribution in [1.29, 1.82) is 0 Å². The predicted octanol–water partition coefficient (Wildman–Crippen LogP) is 2.39. The van der Waals surface area contributed by atoms with E-state index in [0.717, 1.165) is 12.1 Å². The van der Waals surface area contributed by atoms with Crippen LogP contribution in [0.5, 0.6) is 0 Å². The first-order valence-corrected chi connectivity index (χ1v) is 5.03. The molecule has 4 heteroatoms. The van der Waals surface area contributed by atoms with Crippen LogP contribution in [-0.4, -0.2) is 19.4 Å². The van der Waals surface area contributed by atoms with Crippen LogP contribution in [0.2, 0.25) is 0 Å². The van der Waals surface area contributed by atoms with Gasteiger partial charge in [-0.05, 0) is 19.2 Å². The second kappa shape index (κ2) is 4.70. The van der Waals surface area contributed by atoms with E-state index in [4.69, 9.17) is 0 Å². The number of halogens is 2. The average Bonchev–Trinajstić information content (AvgIpc) is 2.16. The molecule has 1 aromatic carbocycles. The van der Waals surface area contributed by atoms with E-state index in [1.807, 2.05) is 0 Å². The maximum absolute atomic E-state index is 13.4. The first-order valence-electron chi connectivity index (χ1n) is 5.03. The van der Waals surface area contributed by atoms with E-state index >= 15 is 0 Å². The molecular formula is C12H15F2NO. The molecule has 0 bridgehead atoms. The largest absolute Gasteiger partial charge is 0.319 e. The van der Waals surface area contributed by atoms with Gasteiger partial charge in [0.15, 0.2) is 5.78 Å². The standard InChI is InChI=1S/C12H15F2NO/c1-12(2,7-15-3)11(16)9-5-4-8(13)6-10(9)14/h4-6,15H,7H2,1-3H3. The van der Waals surface area contributed by atoms with Gasteiger partial charge in [0.1, 0.15) is 11.6 Å². The minimum atomic E-state index is -0.811. The van der Waals surface area contributed by atoms with Gasteiger partial charge in [-0.15, -0.1) is 0 Å². The number of hydrogen-bond donors (Lipinski definition) is 1. The maximum Gasteiger partial charge on any atom is 0.172 e. The van der Waals surface area contributed by atoms with E-state index in [0.29, 0.717) is 6.54 Å². The summed E-state index contributed by atoms with van der Waals surface area (Å²) in [7, 11) is 1.72. The fourth-order valence-corrected chi connectivity index (χ4v) is 1.56. The van der Waals surface area contributed by atoms with E-state index in [1.165, 1.54) is 6.07 Å². The minimum absolute atomic E-state index is 0.0679. The second-order valence-electron chi connectivity index (χ2n) is 4.37. The molecule has 0 fully saturated rings. The van der Waals surface area contributed by atoms with Crippen LogP contribution in [0, 0.1) is 17.0 Å². The van der Waals surface area contributed by atoms with Crippen molar-refractivity contribution in [3.05, 3.63) is 35.4 Å². The summed E-state index contributed by atoms with van der Waals surface area (Å²) in [5.74, 6) is -1.82. The van der Waals surface area contributed by atoms with E-state index in [2.05, 4.69) is 5.32 Å². The fraction of sp³-hybridized carbons (Fsp3) is 0.417. The average molecular weight is 227 g/mol. The molecule has 88 valence electrons. The van der Waals surface area contributed by atoms with Crippen LogP contribution in [0.25, 0.3) is 0 Å². The predicted molar refractivity (Wildman–Crippen MR) is 58.4 cm³/mol. The zero-order valence-corrected chi connectivity index (χ0v) is 9.60. The maximum atomic E-state index is 13.4. The Labute approximate surface area is 93.7 Å². The second-order valence-corrected chi connectivity index (χ2v) is 4.37. The van der Waals surface area contributed by atoms with Gasteiger partial charge >= 0.3 is 0 Å². The molecule has 0 unspecified atom stereocenters. The molecule has 0 saturated heterocycles. The van der Waals surface area contributed by atoms with Crippen molar-refractivity contribution in [2.75, 3.05) is 13.6 Å². The van der Waals surface area contributed by atoms with Crippen molar-refractivity contribution >= 4 is 5.78 Å². The van der Waals surface area contributed by atoms with Crippen molar-refractivity contribution < 1.29 is 13.6 Å². The third-order valence-electron chi connectivity index (χ3n) is 2.41. The normalized spacial score (nSPS) is 11.6. The molecule has 0 radical (unpaired) electrons. The van der Waals surface area contributed by atoms with Gasteiger partial charge in [0.2, 0.25) is 0 Å². The van der Waals surface area contributed by atoms with Crippen molar-refractivity contribution in [2.24, 2.45) is 5.41 Å². The number of nitrogens with one attached hydrogen (secondary N) is 1. The Kier molecular flexibility index (Phi) is 3.75. The summed E-state index contributed by atoms with van der Waals surface area (Å²) in [5, 5.41) is 2.87. The lowest BCUT2D eigenvalue weighted by Crippen LogP contribution is -2.35. The highest BCUT2D eigenvalue weighted by Gasteiger charge is 2.29. The SMILES string of the molecule is CNCC(C)(C)C(=O)c1ccc(F)cc1F. The zero-order valence-electron chi connectivity index (χ0n) is 9.60. The van der Waals surface area contributed by atoms with Gasteiger partial charge in [-0.25, -0.2) is 8.78 Å². The lowest BCUT2D eigenvalue weighted by molar-refractivity contribution is 0.0834. The molecule has 0 saturated carbocycles. The number of rotatable bonds is 4. The van der Waals surface area contributed by atoms with Crippen LogP contribution in [0.15, 0.2) is 18.2 Å². The topological polar surface area (TPSA) is 29.1 Å². The molecule has 1 N–H and O–H groups in total. The van der Waals surface area contributed by atoms with E-state index in [9.17, 15) is 13.6 Å². The Morgan fingerprint density at radius 2 is 2.00 bits per heavy atom. The van der Waals surface area contributed by atoms with Gasteiger partial charge in [0.05, 0.1) is 5.56 Å². The molecule has 0 amide bonds. The number of hydrogen-bond acceptors (Lipinski definition) is 2. The third-order valence-corrected chi connectivity index (χ3v) is 2.41. The van der Waals surface area contributed by atoms with Crippen molar-refractivity contribution in [3.63, 3.8) is 0 Å². The molecule has 1 aromatic rings. The third kappa shape index (κ3) is 2.64. The van der Waals surface area contributed by atoms with Crippen molar-refractivity contribution in [1.82, 2.24) is 5.32 Å². The van der Waals surface area contributed by atoms with Crippen LogP contribution in [-0.2, 0) is 0 Å². The smallest absolute Gasteiger partial charge is 0.172 e. The highest BCUT2D eigenvalue weighted by Crippen LogP contribution is 2.23. The monoisotopic (exact) mass is 227 g/mol. The summed E-state index contributed by atoms with van der Waals surface area (Å²) in [6.07, 6.45) is 0. The number of ketones is 1. The summed E-state index contributed by atoms with van der Waals surface area (Å²) >= 11 is 0.